The van der Waals surface area contributed by atoms with Crippen LogP contribution in [-0.2, 0) is 11.2 Å². The van der Waals surface area contributed by atoms with E-state index in [2.05, 4.69) is 10.3 Å². The summed E-state index contributed by atoms with van der Waals surface area (Å²) in [5.41, 5.74) is 0.961. The van der Waals surface area contributed by atoms with Gasteiger partial charge < -0.3 is 15.4 Å². The number of thiazole rings is 1. The Kier molecular flexibility index (Phi) is 5.98. The molecule has 6 heteroatoms. The van der Waals surface area contributed by atoms with Gasteiger partial charge in [0.2, 0.25) is 5.91 Å². The summed E-state index contributed by atoms with van der Waals surface area (Å²) in [5.74, 6) is 0.294. The highest BCUT2D eigenvalue weighted by atomic mass is 32.1. The number of carbonyl (C=O) groups is 1. The molecule has 0 aliphatic rings. The summed E-state index contributed by atoms with van der Waals surface area (Å²) in [5, 5.41) is 11.9. The van der Waals surface area contributed by atoms with Crippen molar-refractivity contribution in [3.8, 4) is 0 Å². The molecule has 18 heavy (non-hydrogen) atoms. The molecule has 1 heterocycles. The van der Waals surface area contributed by atoms with Gasteiger partial charge >= 0.3 is 0 Å². The molecule has 1 atom stereocenters. The maximum Gasteiger partial charge on any atom is 0.225 e. The Morgan fingerprint density at radius 1 is 1.56 bits per heavy atom. The molecule has 102 valence electrons. The lowest BCUT2D eigenvalue weighted by molar-refractivity contribution is -0.121. The van der Waals surface area contributed by atoms with Crippen molar-refractivity contribution in [2.24, 2.45) is 5.92 Å². The number of aliphatic hydroxyl groups excluding tert-OH is 1. The van der Waals surface area contributed by atoms with Crippen LogP contribution < -0.4 is 5.32 Å². The fraction of sp³-hybridized carbons (Fsp3) is 0.667. The number of aryl methyl sites for hydroxylation is 1. The van der Waals surface area contributed by atoms with Crippen molar-refractivity contribution in [2.45, 2.75) is 39.7 Å². The Morgan fingerprint density at radius 3 is 2.67 bits per heavy atom. The molecule has 4 nitrogen and oxygen atoms in total. The van der Waals surface area contributed by atoms with Crippen molar-refractivity contribution >= 4 is 29.5 Å². The molecule has 1 rings (SSSR count). The van der Waals surface area contributed by atoms with Gasteiger partial charge in [0.15, 0.2) is 3.95 Å². The maximum absolute atomic E-state index is 11.9. The third-order valence-electron chi connectivity index (χ3n) is 2.84. The highest BCUT2D eigenvalue weighted by Crippen LogP contribution is 2.15. The minimum absolute atomic E-state index is 0.0181. The minimum Gasteiger partial charge on any atom is -0.396 e. The first kappa shape index (κ1) is 15.3. The van der Waals surface area contributed by atoms with Crippen LogP contribution in [0.2, 0.25) is 0 Å². The number of nitrogens with one attached hydrogen (secondary N) is 2. The van der Waals surface area contributed by atoms with Gasteiger partial charge in [-0.2, -0.15) is 0 Å². The highest BCUT2D eigenvalue weighted by Gasteiger charge is 2.16. The molecule has 0 saturated carbocycles. The first-order chi connectivity index (χ1) is 8.43. The van der Waals surface area contributed by atoms with Crippen LogP contribution in [0, 0.1) is 16.8 Å². The Bertz CT molecular complexity index is 451. The van der Waals surface area contributed by atoms with E-state index in [-0.39, 0.29) is 18.6 Å². The predicted molar refractivity (Wildman–Crippen MR) is 76.4 cm³/mol. The van der Waals surface area contributed by atoms with E-state index in [1.165, 1.54) is 11.3 Å². The second-order valence-electron chi connectivity index (χ2n) is 4.67. The normalized spacial score (nSPS) is 12.7. The molecule has 0 spiro atoms. The number of H-pyrrole nitrogens is 1. The molecule has 0 fully saturated rings. The fourth-order valence-corrected chi connectivity index (χ4v) is 3.01. The highest BCUT2D eigenvalue weighted by molar-refractivity contribution is 7.73. The summed E-state index contributed by atoms with van der Waals surface area (Å²) in [4.78, 5) is 15.9. The molecule has 0 aliphatic carbocycles. The van der Waals surface area contributed by atoms with Crippen LogP contribution in [0.5, 0.6) is 0 Å². The zero-order valence-corrected chi connectivity index (χ0v) is 12.6. The molecule has 1 aromatic rings. The lowest BCUT2D eigenvalue weighted by atomic mass is 10.0. The summed E-state index contributed by atoms with van der Waals surface area (Å²) >= 11 is 6.48. The Balaban J connectivity index is 2.60. The van der Waals surface area contributed by atoms with Gasteiger partial charge in [0, 0.05) is 23.2 Å². The van der Waals surface area contributed by atoms with Crippen molar-refractivity contribution in [1.29, 1.82) is 0 Å². The van der Waals surface area contributed by atoms with Gasteiger partial charge in [-0.25, -0.2) is 0 Å². The number of aromatic nitrogens is 1. The van der Waals surface area contributed by atoms with Gasteiger partial charge in [0.25, 0.3) is 0 Å². The van der Waals surface area contributed by atoms with Crippen LogP contribution in [0.1, 0.15) is 30.8 Å². The third-order valence-corrected chi connectivity index (χ3v) is 4.17. The topological polar surface area (TPSA) is 65.1 Å². The van der Waals surface area contributed by atoms with Crippen LogP contribution >= 0.6 is 23.6 Å². The number of hydrogen-bond donors (Lipinski definition) is 3. The summed E-state index contributed by atoms with van der Waals surface area (Å²) in [6, 6.07) is 0.0229. The molecule has 1 aromatic heterocycles. The van der Waals surface area contributed by atoms with Crippen molar-refractivity contribution in [1.82, 2.24) is 10.3 Å². The van der Waals surface area contributed by atoms with E-state index in [4.69, 9.17) is 17.3 Å². The summed E-state index contributed by atoms with van der Waals surface area (Å²) in [6.07, 6.45) is 0.934. The summed E-state index contributed by atoms with van der Waals surface area (Å²) in [7, 11) is 0. The minimum atomic E-state index is -0.0181. The predicted octanol–water partition coefficient (Wildman–Crippen LogP) is 2.18. The van der Waals surface area contributed by atoms with E-state index in [0.29, 0.717) is 22.7 Å². The first-order valence-electron chi connectivity index (χ1n) is 6.02. The van der Waals surface area contributed by atoms with Crippen molar-refractivity contribution in [3.63, 3.8) is 0 Å². The smallest absolute Gasteiger partial charge is 0.225 e. The SMILES string of the molecule is Cc1[nH]c(=S)sc1CC(=O)NC(CCO)C(C)C. The van der Waals surface area contributed by atoms with Crippen LogP contribution in [0.3, 0.4) is 0 Å². The molecular formula is C12H20N2O2S2. The average Bonchev–Trinajstić information content (AvgIpc) is 2.56. The van der Waals surface area contributed by atoms with E-state index in [1.54, 1.807) is 0 Å². The summed E-state index contributed by atoms with van der Waals surface area (Å²) < 4.78 is 0.700. The molecule has 1 unspecified atom stereocenters. The second-order valence-corrected chi connectivity index (χ2v) is 6.44. The molecular weight excluding hydrogens is 268 g/mol. The van der Waals surface area contributed by atoms with Crippen molar-refractivity contribution in [3.05, 3.63) is 14.5 Å². The van der Waals surface area contributed by atoms with Crippen LogP contribution in [0.4, 0.5) is 0 Å². The number of hydrogen-bond acceptors (Lipinski definition) is 4. The van der Waals surface area contributed by atoms with Gasteiger partial charge in [0.05, 0.1) is 6.42 Å². The van der Waals surface area contributed by atoms with E-state index in [1.807, 2.05) is 20.8 Å². The zero-order chi connectivity index (χ0) is 13.7. The fourth-order valence-electron chi connectivity index (χ4n) is 1.72. The van der Waals surface area contributed by atoms with E-state index in [0.717, 1.165) is 10.6 Å². The van der Waals surface area contributed by atoms with Crippen molar-refractivity contribution in [2.75, 3.05) is 6.61 Å². The Hall–Kier alpha value is -0.720. The van der Waals surface area contributed by atoms with Gasteiger partial charge in [-0.3, -0.25) is 4.79 Å². The van der Waals surface area contributed by atoms with Gasteiger partial charge in [-0.05, 0) is 31.5 Å². The average molecular weight is 288 g/mol. The quantitative estimate of drug-likeness (QED) is 0.703. The molecule has 0 aliphatic heterocycles. The number of aromatic amines is 1. The lowest BCUT2D eigenvalue weighted by Crippen LogP contribution is -2.39. The second kappa shape index (κ2) is 7.01. The number of carbonyl (C=O) groups excluding carboxylic acids is 1. The lowest BCUT2D eigenvalue weighted by Gasteiger charge is -2.21. The Morgan fingerprint density at radius 2 is 2.22 bits per heavy atom. The molecule has 1 amide bonds. The van der Waals surface area contributed by atoms with E-state index < -0.39 is 0 Å². The van der Waals surface area contributed by atoms with Crippen LogP contribution in [0.15, 0.2) is 0 Å². The molecule has 0 radical (unpaired) electrons. The third kappa shape index (κ3) is 4.51. The Labute approximate surface area is 116 Å². The van der Waals surface area contributed by atoms with Crippen LogP contribution in [-0.4, -0.2) is 28.6 Å². The molecule has 0 aromatic carbocycles. The summed E-state index contributed by atoms with van der Waals surface area (Å²) in [6.45, 7) is 6.08. The molecule has 3 N–H and O–H groups in total. The van der Waals surface area contributed by atoms with Gasteiger partial charge in [-0.15, -0.1) is 11.3 Å². The largest absolute Gasteiger partial charge is 0.396 e. The molecule has 0 saturated heterocycles. The van der Waals surface area contributed by atoms with Gasteiger partial charge in [-0.1, -0.05) is 13.8 Å². The first-order valence-corrected chi connectivity index (χ1v) is 7.25. The van der Waals surface area contributed by atoms with Crippen LogP contribution in [0.25, 0.3) is 0 Å². The zero-order valence-electron chi connectivity index (χ0n) is 10.9. The van der Waals surface area contributed by atoms with E-state index >= 15 is 0 Å². The van der Waals surface area contributed by atoms with E-state index in [9.17, 15) is 4.79 Å². The number of aliphatic hydroxyl groups is 1. The maximum atomic E-state index is 11.9. The monoisotopic (exact) mass is 288 g/mol. The number of rotatable bonds is 6. The standard InChI is InChI=1S/C12H20N2O2S2/c1-7(2)9(4-5-15)14-11(16)6-10-8(3)13-12(17)18-10/h7,9,15H,4-6H2,1-3H3,(H,13,17)(H,14,16). The number of amides is 1. The molecule has 0 bridgehead atoms. The van der Waals surface area contributed by atoms with Gasteiger partial charge in [0.1, 0.15) is 0 Å². The van der Waals surface area contributed by atoms with Crippen molar-refractivity contribution < 1.29 is 9.90 Å².